The second-order valence-corrected chi connectivity index (χ2v) is 7.10. The lowest BCUT2D eigenvalue weighted by Crippen LogP contribution is -2.24. The van der Waals surface area contributed by atoms with E-state index in [0.29, 0.717) is 30.5 Å². The summed E-state index contributed by atoms with van der Waals surface area (Å²) in [5.74, 6) is 1.54. The van der Waals surface area contributed by atoms with Gasteiger partial charge in [-0.1, -0.05) is 12.1 Å². The molecule has 4 rings (SSSR count). The molecule has 2 N–H and O–H groups in total. The molecule has 2 heterocycles. The lowest BCUT2D eigenvalue weighted by Gasteiger charge is -2.18. The van der Waals surface area contributed by atoms with Crippen LogP contribution in [0.1, 0.15) is 5.82 Å². The first kappa shape index (κ1) is 15.0. The Balaban J connectivity index is 1.54. The normalized spacial score (nSPS) is 14.0. The van der Waals surface area contributed by atoms with Gasteiger partial charge < -0.3 is 14.5 Å². The van der Waals surface area contributed by atoms with Gasteiger partial charge >= 0.3 is 0 Å². The Bertz CT molecular complexity index is 964. The molecule has 1 aliphatic heterocycles. The summed E-state index contributed by atoms with van der Waals surface area (Å²) in [5.41, 5.74) is 1.66. The lowest BCUT2D eigenvalue weighted by molar-refractivity contribution is 0.171. The number of H-pyrrole nitrogens is 1. The summed E-state index contributed by atoms with van der Waals surface area (Å²) in [5, 5.41) is 0. The minimum atomic E-state index is -3.67. The van der Waals surface area contributed by atoms with Crippen molar-refractivity contribution in [2.24, 2.45) is 0 Å². The smallest absolute Gasteiger partial charge is 0.241 e. The summed E-state index contributed by atoms with van der Waals surface area (Å²) in [4.78, 5) is 7.57. The number of aromatic nitrogens is 2. The van der Waals surface area contributed by atoms with Crippen molar-refractivity contribution in [1.82, 2.24) is 14.7 Å². The van der Waals surface area contributed by atoms with E-state index in [1.807, 2.05) is 24.3 Å². The molecule has 124 valence electrons. The number of nitrogens with one attached hydrogen (secondary N) is 2. The van der Waals surface area contributed by atoms with Gasteiger partial charge in [0.05, 0.1) is 22.5 Å². The third-order valence-electron chi connectivity index (χ3n) is 3.69. The van der Waals surface area contributed by atoms with Gasteiger partial charge in [-0.2, -0.15) is 0 Å². The summed E-state index contributed by atoms with van der Waals surface area (Å²) in [6, 6.07) is 12.1. The summed E-state index contributed by atoms with van der Waals surface area (Å²) in [6.45, 7) is 0.942. The van der Waals surface area contributed by atoms with Crippen LogP contribution in [0, 0.1) is 0 Å². The van der Waals surface area contributed by atoms with Crippen molar-refractivity contribution in [1.29, 1.82) is 0 Å². The third kappa shape index (κ3) is 2.81. The van der Waals surface area contributed by atoms with Crippen LogP contribution in [0.25, 0.3) is 11.0 Å². The minimum absolute atomic E-state index is 0.0749. The molecule has 0 bridgehead atoms. The summed E-state index contributed by atoms with van der Waals surface area (Å²) in [7, 11) is -3.67. The number of benzene rings is 2. The van der Waals surface area contributed by atoms with Gasteiger partial charge in [-0.25, -0.2) is 18.1 Å². The number of ether oxygens (including phenoxy) is 2. The predicted octanol–water partition coefficient (Wildman–Crippen LogP) is 1.81. The first-order chi connectivity index (χ1) is 11.6. The van der Waals surface area contributed by atoms with Gasteiger partial charge in [0.1, 0.15) is 19.0 Å². The number of hydrogen-bond donors (Lipinski definition) is 2. The lowest BCUT2D eigenvalue weighted by atomic mass is 10.3. The standard InChI is InChI=1S/C16H15N3O4S/c20-24(21,11-5-6-14-15(9-11)23-8-7-22-14)17-10-16-18-12-3-1-2-4-13(12)19-16/h1-6,9,17H,7-8,10H2,(H,18,19). The van der Waals surface area contributed by atoms with Crippen LogP contribution >= 0.6 is 0 Å². The Labute approximate surface area is 138 Å². The van der Waals surface area contributed by atoms with E-state index in [-0.39, 0.29) is 11.4 Å². The van der Waals surface area contributed by atoms with E-state index >= 15 is 0 Å². The first-order valence-electron chi connectivity index (χ1n) is 7.45. The summed E-state index contributed by atoms with van der Waals surface area (Å²) >= 11 is 0. The van der Waals surface area contributed by atoms with Gasteiger partial charge in [0.15, 0.2) is 11.5 Å². The maximum Gasteiger partial charge on any atom is 0.241 e. The number of para-hydroxylation sites is 2. The van der Waals surface area contributed by atoms with Crippen LogP contribution in [0.3, 0.4) is 0 Å². The van der Waals surface area contributed by atoms with Crippen LogP contribution < -0.4 is 14.2 Å². The van der Waals surface area contributed by atoms with Gasteiger partial charge in [0.2, 0.25) is 10.0 Å². The molecular weight excluding hydrogens is 330 g/mol. The van der Waals surface area contributed by atoms with Crippen molar-refractivity contribution in [3.05, 3.63) is 48.3 Å². The van der Waals surface area contributed by atoms with Crippen LogP contribution in [-0.2, 0) is 16.6 Å². The average Bonchev–Trinajstić information content (AvgIpc) is 3.03. The molecule has 0 spiro atoms. The van der Waals surface area contributed by atoms with Gasteiger partial charge in [0.25, 0.3) is 0 Å². The highest BCUT2D eigenvalue weighted by atomic mass is 32.2. The van der Waals surface area contributed by atoms with Crippen LogP contribution in [0.15, 0.2) is 47.4 Å². The maximum atomic E-state index is 12.5. The quantitative estimate of drug-likeness (QED) is 0.752. The number of fused-ring (bicyclic) bond motifs is 2. The zero-order valence-electron chi connectivity index (χ0n) is 12.7. The summed E-state index contributed by atoms with van der Waals surface area (Å²) in [6.07, 6.45) is 0. The van der Waals surface area contributed by atoms with Gasteiger partial charge in [-0.05, 0) is 24.3 Å². The van der Waals surface area contributed by atoms with Crippen LogP contribution in [0.4, 0.5) is 0 Å². The fraction of sp³-hybridized carbons (Fsp3) is 0.188. The number of sulfonamides is 1. The second kappa shape index (κ2) is 5.81. The second-order valence-electron chi connectivity index (χ2n) is 5.33. The number of aromatic amines is 1. The molecule has 1 aliphatic rings. The molecule has 0 unspecified atom stereocenters. The van der Waals surface area contributed by atoms with E-state index in [4.69, 9.17) is 9.47 Å². The van der Waals surface area contributed by atoms with E-state index < -0.39 is 10.0 Å². The van der Waals surface area contributed by atoms with Crippen molar-refractivity contribution in [3.63, 3.8) is 0 Å². The highest BCUT2D eigenvalue weighted by Gasteiger charge is 2.19. The molecule has 0 atom stereocenters. The van der Waals surface area contributed by atoms with E-state index in [9.17, 15) is 8.42 Å². The molecule has 1 aromatic heterocycles. The maximum absolute atomic E-state index is 12.5. The van der Waals surface area contributed by atoms with Gasteiger partial charge in [-0.15, -0.1) is 0 Å². The fourth-order valence-corrected chi connectivity index (χ4v) is 3.53. The van der Waals surface area contributed by atoms with Crippen LogP contribution in [-0.4, -0.2) is 31.6 Å². The largest absolute Gasteiger partial charge is 0.486 e. The predicted molar refractivity (Wildman–Crippen MR) is 87.6 cm³/mol. The molecule has 0 radical (unpaired) electrons. The van der Waals surface area contributed by atoms with Crippen LogP contribution in [0.5, 0.6) is 11.5 Å². The zero-order chi connectivity index (χ0) is 16.6. The average molecular weight is 345 g/mol. The van der Waals surface area contributed by atoms with Crippen molar-refractivity contribution in [2.45, 2.75) is 11.4 Å². The molecule has 0 saturated carbocycles. The number of hydrogen-bond acceptors (Lipinski definition) is 5. The number of rotatable bonds is 4. The van der Waals surface area contributed by atoms with E-state index in [2.05, 4.69) is 14.7 Å². The molecule has 0 aliphatic carbocycles. The van der Waals surface area contributed by atoms with E-state index in [0.717, 1.165) is 11.0 Å². The van der Waals surface area contributed by atoms with Crippen molar-refractivity contribution < 1.29 is 17.9 Å². The molecule has 0 saturated heterocycles. The highest BCUT2D eigenvalue weighted by Crippen LogP contribution is 2.32. The Morgan fingerprint density at radius 1 is 1.08 bits per heavy atom. The monoisotopic (exact) mass is 345 g/mol. The Kier molecular flexibility index (Phi) is 3.62. The SMILES string of the molecule is O=S(=O)(NCc1nc2ccccc2[nH]1)c1ccc2c(c1)OCCO2. The Morgan fingerprint density at radius 2 is 1.88 bits per heavy atom. The van der Waals surface area contributed by atoms with Crippen molar-refractivity contribution in [3.8, 4) is 11.5 Å². The molecular formula is C16H15N3O4S. The molecule has 2 aromatic carbocycles. The Hall–Kier alpha value is -2.58. The summed E-state index contributed by atoms with van der Waals surface area (Å²) < 4.78 is 38.3. The molecule has 0 amide bonds. The molecule has 7 nitrogen and oxygen atoms in total. The zero-order valence-corrected chi connectivity index (χ0v) is 13.5. The van der Waals surface area contributed by atoms with E-state index in [1.54, 1.807) is 6.07 Å². The fourth-order valence-electron chi connectivity index (χ4n) is 2.53. The van der Waals surface area contributed by atoms with Crippen molar-refractivity contribution >= 4 is 21.1 Å². The van der Waals surface area contributed by atoms with Gasteiger partial charge in [0, 0.05) is 6.07 Å². The highest BCUT2D eigenvalue weighted by molar-refractivity contribution is 7.89. The number of imidazole rings is 1. The topological polar surface area (TPSA) is 93.3 Å². The first-order valence-corrected chi connectivity index (χ1v) is 8.93. The Morgan fingerprint density at radius 3 is 2.71 bits per heavy atom. The molecule has 24 heavy (non-hydrogen) atoms. The van der Waals surface area contributed by atoms with E-state index in [1.165, 1.54) is 12.1 Å². The molecule has 8 heteroatoms. The van der Waals surface area contributed by atoms with Gasteiger partial charge in [-0.3, -0.25) is 0 Å². The van der Waals surface area contributed by atoms with Crippen molar-refractivity contribution in [2.75, 3.05) is 13.2 Å². The molecule has 3 aromatic rings. The molecule has 0 fully saturated rings. The van der Waals surface area contributed by atoms with Crippen LogP contribution in [0.2, 0.25) is 0 Å². The number of nitrogens with zero attached hydrogens (tertiary/aromatic N) is 1. The third-order valence-corrected chi connectivity index (χ3v) is 5.09. The minimum Gasteiger partial charge on any atom is -0.486 e.